The zero-order valence-corrected chi connectivity index (χ0v) is 16.4. The number of pyridine rings is 1. The summed E-state index contributed by atoms with van der Waals surface area (Å²) in [6, 6.07) is 7.78. The van der Waals surface area contributed by atoms with Crippen LogP contribution in [0.1, 0.15) is 34.5 Å². The molecule has 0 aliphatic carbocycles. The Morgan fingerprint density at radius 1 is 1.27 bits per heavy atom. The first-order valence-corrected chi connectivity index (χ1v) is 9.82. The number of hydrogen-bond acceptors (Lipinski definition) is 4. The summed E-state index contributed by atoms with van der Waals surface area (Å²) < 4.78 is 20.9. The van der Waals surface area contributed by atoms with Crippen molar-refractivity contribution in [1.29, 1.82) is 0 Å². The van der Waals surface area contributed by atoms with Crippen LogP contribution in [0, 0.1) is 5.82 Å². The minimum absolute atomic E-state index is 0.0362. The van der Waals surface area contributed by atoms with E-state index in [9.17, 15) is 19.1 Å². The predicted octanol–water partition coefficient (Wildman–Crippen LogP) is 3.06. The third-order valence-electron chi connectivity index (χ3n) is 5.27. The van der Waals surface area contributed by atoms with Gasteiger partial charge in [-0.2, -0.15) is 0 Å². The Kier molecular flexibility index (Phi) is 5.76. The molecule has 1 saturated heterocycles. The molecular formula is C22H22FN3O4. The van der Waals surface area contributed by atoms with E-state index in [4.69, 9.17) is 4.74 Å². The molecule has 8 heteroatoms. The molecule has 7 nitrogen and oxygen atoms in total. The highest BCUT2D eigenvalue weighted by Gasteiger charge is 2.19. The summed E-state index contributed by atoms with van der Waals surface area (Å²) >= 11 is 0. The first-order valence-electron chi connectivity index (χ1n) is 9.82. The molecule has 0 atom stereocenters. The summed E-state index contributed by atoms with van der Waals surface area (Å²) in [5, 5.41) is 10.0. The van der Waals surface area contributed by atoms with E-state index in [0.717, 1.165) is 35.0 Å². The fourth-order valence-corrected chi connectivity index (χ4v) is 3.71. The van der Waals surface area contributed by atoms with Crippen LogP contribution >= 0.6 is 0 Å². The molecule has 0 saturated carbocycles. The quantitative estimate of drug-likeness (QED) is 0.576. The largest absolute Gasteiger partial charge is 0.477 e. The molecule has 1 aliphatic rings. The van der Waals surface area contributed by atoms with Crippen LogP contribution in [0.4, 0.5) is 4.39 Å². The topological polar surface area (TPSA) is 84.7 Å². The predicted molar refractivity (Wildman–Crippen MR) is 108 cm³/mol. The number of carbonyl (C=O) groups is 2. The van der Waals surface area contributed by atoms with Gasteiger partial charge in [-0.15, -0.1) is 0 Å². The maximum atomic E-state index is 13.2. The number of hydrogen-bond donors (Lipinski definition) is 1. The molecule has 3 heterocycles. The van der Waals surface area contributed by atoms with Crippen LogP contribution in [0.15, 0.2) is 42.7 Å². The van der Waals surface area contributed by atoms with Gasteiger partial charge in [0.15, 0.2) is 0 Å². The highest BCUT2D eigenvalue weighted by molar-refractivity contribution is 5.92. The molecule has 0 spiro atoms. The monoisotopic (exact) mass is 411 g/mol. The molecule has 30 heavy (non-hydrogen) atoms. The van der Waals surface area contributed by atoms with Crippen LogP contribution in [-0.2, 0) is 22.7 Å². The Bertz CT molecular complexity index is 1080. The summed E-state index contributed by atoms with van der Waals surface area (Å²) in [4.78, 5) is 28.9. The number of amides is 1. The lowest BCUT2D eigenvalue weighted by Crippen LogP contribution is -2.28. The van der Waals surface area contributed by atoms with Crippen molar-refractivity contribution in [2.45, 2.75) is 26.0 Å². The van der Waals surface area contributed by atoms with Crippen LogP contribution in [0.3, 0.4) is 0 Å². The second kappa shape index (κ2) is 8.62. The zero-order chi connectivity index (χ0) is 21.1. The minimum atomic E-state index is -1.09. The number of rotatable bonds is 8. The number of benzene rings is 1. The molecule has 0 unspecified atom stereocenters. The molecule has 1 fully saturated rings. The van der Waals surface area contributed by atoms with Crippen LogP contribution in [0.2, 0.25) is 0 Å². The molecule has 1 aliphatic heterocycles. The Morgan fingerprint density at radius 3 is 2.77 bits per heavy atom. The number of nitrogens with zero attached hydrogens (tertiary/aromatic N) is 3. The number of aromatic nitrogens is 2. The van der Waals surface area contributed by atoms with Crippen molar-refractivity contribution in [1.82, 2.24) is 14.5 Å². The normalized spacial score (nSPS) is 14.0. The fourth-order valence-electron chi connectivity index (χ4n) is 3.71. The molecule has 0 bridgehead atoms. The maximum Gasteiger partial charge on any atom is 0.354 e. The molecule has 1 N–H and O–H groups in total. The van der Waals surface area contributed by atoms with Gasteiger partial charge in [-0.25, -0.2) is 14.2 Å². The highest BCUT2D eigenvalue weighted by atomic mass is 19.1. The van der Waals surface area contributed by atoms with Crippen LogP contribution in [0.25, 0.3) is 10.9 Å². The number of carboxylic acids is 1. The number of ether oxygens (including phenoxy) is 1. The van der Waals surface area contributed by atoms with E-state index in [1.807, 2.05) is 10.8 Å². The lowest BCUT2D eigenvalue weighted by atomic mass is 10.2. The number of halogens is 1. The van der Waals surface area contributed by atoms with Gasteiger partial charge in [-0.1, -0.05) is 12.1 Å². The second-order valence-corrected chi connectivity index (χ2v) is 7.34. The Hall–Kier alpha value is -3.26. The summed E-state index contributed by atoms with van der Waals surface area (Å²) in [5.41, 5.74) is 2.49. The van der Waals surface area contributed by atoms with Gasteiger partial charge < -0.3 is 19.3 Å². The Morgan fingerprint density at radius 2 is 2.07 bits per heavy atom. The summed E-state index contributed by atoms with van der Waals surface area (Å²) in [6.45, 7) is 2.51. The molecule has 1 aromatic carbocycles. The van der Waals surface area contributed by atoms with E-state index in [-0.39, 0.29) is 24.0 Å². The van der Waals surface area contributed by atoms with Gasteiger partial charge in [0.05, 0.1) is 24.9 Å². The number of aromatic carboxylic acids is 1. The molecule has 1 amide bonds. The zero-order valence-electron chi connectivity index (χ0n) is 16.4. The van der Waals surface area contributed by atoms with Gasteiger partial charge >= 0.3 is 5.97 Å². The first-order chi connectivity index (χ1) is 14.5. The van der Waals surface area contributed by atoms with Crippen molar-refractivity contribution >= 4 is 22.8 Å². The van der Waals surface area contributed by atoms with Crippen molar-refractivity contribution in [3.8, 4) is 0 Å². The minimum Gasteiger partial charge on any atom is -0.477 e. The number of carboxylic acid groups (broad SMARTS) is 1. The fraction of sp³-hybridized carbons (Fsp3) is 0.318. The average Bonchev–Trinajstić information content (AvgIpc) is 3.30. The van der Waals surface area contributed by atoms with Crippen LogP contribution in [-0.4, -0.2) is 51.1 Å². The van der Waals surface area contributed by atoms with E-state index in [2.05, 4.69) is 4.98 Å². The third-order valence-corrected chi connectivity index (χ3v) is 5.27. The molecule has 3 aromatic rings. The molecular weight excluding hydrogens is 389 g/mol. The van der Waals surface area contributed by atoms with Crippen molar-refractivity contribution in [2.75, 3.05) is 19.7 Å². The molecule has 4 rings (SSSR count). The van der Waals surface area contributed by atoms with E-state index in [1.54, 1.807) is 23.1 Å². The SMILES string of the molecule is O=C(O)c1cc2c(COCCN3CCCC3=O)cn(Cc3ccc(F)cc3)c2cn1. The van der Waals surface area contributed by atoms with Crippen molar-refractivity contribution in [2.24, 2.45) is 0 Å². The number of likely N-dealkylation sites (tertiary alicyclic amines) is 1. The van der Waals surface area contributed by atoms with Crippen LogP contribution < -0.4 is 0 Å². The smallest absolute Gasteiger partial charge is 0.354 e. The van der Waals surface area contributed by atoms with Crippen molar-refractivity contribution in [3.63, 3.8) is 0 Å². The molecule has 156 valence electrons. The standard InChI is InChI=1S/C22H22FN3O4/c23-17-5-3-15(4-6-17)12-26-13-16(14-30-9-8-25-7-1-2-21(25)27)18-10-19(22(28)29)24-11-20(18)26/h3-6,10-11,13H,1-2,7-9,12,14H2,(H,28,29). The third kappa shape index (κ3) is 4.33. The van der Waals surface area contributed by atoms with Gasteiger partial charge in [0.1, 0.15) is 11.5 Å². The van der Waals surface area contributed by atoms with Gasteiger partial charge in [0, 0.05) is 43.2 Å². The van der Waals surface area contributed by atoms with Gasteiger partial charge in [0.2, 0.25) is 5.91 Å². The maximum absolute atomic E-state index is 13.2. The summed E-state index contributed by atoms with van der Waals surface area (Å²) in [5.74, 6) is -1.23. The van der Waals surface area contributed by atoms with Crippen LogP contribution in [0.5, 0.6) is 0 Å². The molecule has 2 aromatic heterocycles. The van der Waals surface area contributed by atoms with Gasteiger partial charge in [0.25, 0.3) is 0 Å². The van der Waals surface area contributed by atoms with Crippen molar-refractivity contribution < 1.29 is 23.8 Å². The Balaban J connectivity index is 1.53. The van der Waals surface area contributed by atoms with E-state index in [1.165, 1.54) is 18.3 Å². The Labute approximate surface area is 172 Å². The van der Waals surface area contributed by atoms with Crippen molar-refractivity contribution in [3.05, 3.63) is 65.4 Å². The van der Waals surface area contributed by atoms with E-state index < -0.39 is 5.97 Å². The molecule has 0 radical (unpaired) electrons. The van der Waals surface area contributed by atoms with Gasteiger partial charge in [-0.3, -0.25) is 4.79 Å². The first kappa shape index (κ1) is 20.0. The van der Waals surface area contributed by atoms with E-state index in [0.29, 0.717) is 26.1 Å². The highest BCUT2D eigenvalue weighted by Crippen LogP contribution is 2.24. The number of carbonyl (C=O) groups excluding carboxylic acids is 1. The second-order valence-electron chi connectivity index (χ2n) is 7.34. The number of fused-ring (bicyclic) bond motifs is 1. The lowest BCUT2D eigenvalue weighted by Gasteiger charge is -2.15. The average molecular weight is 411 g/mol. The van der Waals surface area contributed by atoms with E-state index >= 15 is 0 Å². The van der Waals surface area contributed by atoms with Gasteiger partial charge in [-0.05, 0) is 30.2 Å². The lowest BCUT2D eigenvalue weighted by molar-refractivity contribution is -0.128. The summed E-state index contributed by atoms with van der Waals surface area (Å²) in [7, 11) is 0. The summed E-state index contributed by atoms with van der Waals surface area (Å²) in [6.07, 6.45) is 4.93.